The monoisotopic (exact) mass is 217 g/mol. The molecule has 0 saturated carbocycles. The van der Waals surface area contributed by atoms with Crippen LogP contribution in [0.5, 0.6) is 0 Å². The Labute approximate surface area is 96.3 Å². The van der Waals surface area contributed by atoms with E-state index in [1.54, 1.807) is 0 Å². The third kappa shape index (κ3) is 1.66. The zero-order valence-electron chi connectivity index (χ0n) is 10.2. The molecule has 0 amide bonds. The maximum Gasteiger partial charge on any atom is 0.141 e. The van der Waals surface area contributed by atoms with Crippen LogP contribution >= 0.6 is 0 Å². The minimum absolute atomic E-state index is 0.435. The highest BCUT2D eigenvalue weighted by molar-refractivity contribution is 5.57. The first-order valence-electron chi connectivity index (χ1n) is 5.88. The fourth-order valence-corrected chi connectivity index (χ4v) is 2.17. The lowest BCUT2D eigenvalue weighted by molar-refractivity contribution is 0.653. The van der Waals surface area contributed by atoms with Gasteiger partial charge in [-0.2, -0.15) is 0 Å². The van der Waals surface area contributed by atoms with E-state index in [9.17, 15) is 0 Å². The molecule has 3 heteroatoms. The molecule has 2 aromatic heterocycles. The van der Waals surface area contributed by atoms with Crippen LogP contribution < -0.4 is 5.73 Å². The Morgan fingerprint density at radius 1 is 1.50 bits per heavy atom. The van der Waals surface area contributed by atoms with Gasteiger partial charge in [-0.1, -0.05) is 26.3 Å². The Bertz CT molecular complexity index is 499. The molecule has 0 aliphatic heterocycles. The summed E-state index contributed by atoms with van der Waals surface area (Å²) in [4.78, 5) is 4.67. The first kappa shape index (κ1) is 11.0. The van der Waals surface area contributed by atoms with Gasteiger partial charge in [0.15, 0.2) is 0 Å². The first-order valence-corrected chi connectivity index (χ1v) is 5.88. The summed E-state index contributed by atoms with van der Waals surface area (Å²) in [5.74, 6) is 1.23. The van der Waals surface area contributed by atoms with E-state index in [0.717, 1.165) is 30.0 Å². The standard InChI is InChI=1S/C13H19N3/c1-4-6-9(2)11-12(14)16-8-5-7-10(3)13(16)15-11/h5,7-9H,4,6,14H2,1-3H3. The van der Waals surface area contributed by atoms with Crippen molar-refractivity contribution in [3.05, 3.63) is 29.6 Å². The number of aromatic nitrogens is 2. The number of nitrogens with zero attached hydrogens (tertiary/aromatic N) is 2. The normalized spacial score (nSPS) is 13.2. The predicted octanol–water partition coefficient (Wildman–Crippen LogP) is 3.13. The first-order chi connectivity index (χ1) is 7.65. The van der Waals surface area contributed by atoms with Crippen molar-refractivity contribution in [1.29, 1.82) is 0 Å². The lowest BCUT2D eigenvalue weighted by Gasteiger charge is -2.07. The van der Waals surface area contributed by atoms with E-state index in [4.69, 9.17) is 5.73 Å². The molecule has 0 bridgehead atoms. The van der Waals surface area contributed by atoms with Crippen LogP contribution in [0.25, 0.3) is 5.65 Å². The number of nitrogen functional groups attached to an aromatic ring is 1. The lowest BCUT2D eigenvalue weighted by Crippen LogP contribution is -2.00. The zero-order chi connectivity index (χ0) is 11.7. The molecule has 86 valence electrons. The van der Waals surface area contributed by atoms with Crippen molar-refractivity contribution in [2.75, 3.05) is 5.73 Å². The second-order valence-corrected chi connectivity index (χ2v) is 4.46. The van der Waals surface area contributed by atoms with Gasteiger partial charge in [0.25, 0.3) is 0 Å². The van der Waals surface area contributed by atoms with Gasteiger partial charge in [0.2, 0.25) is 0 Å². The summed E-state index contributed by atoms with van der Waals surface area (Å²) >= 11 is 0. The van der Waals surface area contributed by atoms with Crippen LogP contribution in [-0.2, 0) is 0 Å². The van der Waals surface area contributed by atoms with E-state index in [1.807, 2.05) is 16.7 Å². The molecule has 0 aliphatic carbocycles. The predicted molar refractivity (Wildman–Crippen MR) is 67.7 cm³/mol. The number of imidazole rings is 1. The van der Waals surface area contributed by atoms with Crippen molar-refractivity contribution in [2.24, 2.45) is 0 Å². The maximum absolute atomic E-state index is 6.14. The van der Waals surface area contributed by atoms with Gasteiger partial charge in [-0.3, -0.25) is 4.40 Å². The van der Waals surface area contributed by atoms with Crippen molar-refractivity contribution in [3.63, 3.8) is 0 Å². The number of nitrogens with two attached hydrogens (primary N) is 1. The van der Waals surface area contributed by atoms with Crippen LogP contribution in [0.4, 0.5) is 5.82 Å². The molecule has 0 saturated heterocycles. The Morgan fingerprint density at radius 2 is 2.25 bits per heavy atom. The highest BCUT2D eigenvalue weighted by Crippen LogP contribution is 2.27. The highest BCUT2D eigenvalue weighted by atomic mass is 15.1. The number of rotatable bonds is 3. The van der Waals surface area contributed by atoms with Crippen LogP contribution in [0.3, 0.4) is 0 Å². The lowest BCUT2D eigenvalue weighted by atomic mass is 10.0. The fraction of sp³-hybridized carbons (Fsp3) is 0.462. The van der Waals surface area contributed by atoms with E-state index in [2.05, 4.69) is 31.8 Å². The molecule has 2 aromatic rings. The maximum atomic E-state index is 6.14. The number of aryl methyl sites for hydroxylation is 1. The molecule has 1 unspecified atom stereocenters. The van der Waals surface area contributed by atoms with Gasteiger partial charge >= 0.3 is 0 Å². The van der Waals surface area contributed by atoms with Crippen LogP contribution in [0, 0.1) is 6.92 Å². The average Bonchev–Trinajstić information content (AvgIpc) is 2.59. The van der Waals surface area contributed by atoms with Crippen molar-refractivity contribution in [2.45, 2.75) is 39.5 Å². The van der Waals surface area contributed by atoms with E-state index in [-0.39, 0.29) is 0 Å². The van der Waals surface area contributed by atoms with Crippen LogP contribution in [0.1, 0.15) is 43.9 Å². The minimum Gasteiger partial charge on any atom is -0.383 e. The third-order valence-corrected chi connectivity index (χ3v) is 3.10. The van der Waals surface area contributed by atoms with Gasteiger partial charge < -0.3 is 5.73 Å². The molecule has 3 nitrogen and oxygen atoms in total. The molecular weight excluding hydrogens is 198 g/mol. The number of hydrogen-bond acceptors (Lipinski definition) is 2. The molecule has 2 heterocycles. The second-order valence-electron chi connectivity index (χ2n) is 4.46. The largest absolute Gasteiger partial charge is 0.383 e. The quantitative estimate of drug-likeness (QED) is 0.858. The van der Waals surface area contributed by atoms with Crippen molar-refractivity contribution in [1.82, 2.24) is 9.38 Å². The number of fused-ring (bicyclic) bond motifs is 1. The van der Waals surface area contributed by atoms with E-state index >= 15 is 0 Å². The van der Waals surface area contributed by atoms with Gasteiger partial charge in [-0.25, -0.2) is 4.98 Å². The molecule has 0 spiro atoms. The molecule has 2 rings (SSSR count). The van der Waals surface area contributed by atoms with Crippen LogP contribution in [0.15, 0.2) is 18.3 Å². The molecule has 16 heavy (non-hydrogen) atoms. The number of hydrogen-bond donors (Lipinski definition) is 1. The molecule has 2 N–H and O–H groups in total. The van der Waals surface area contributed by atoms with Gasteiger partial charge in [-0.05, 0) is 25.0 Å². The summed E-state index contributed by atoms with van der Waals surface area (Å²) in [6.45, 7) is 6.45. The Balaban J connectivity index is 2.55. The molecule has 0 aromatic carbocycles. The molecule has 0 fully saturated rings. The molecule has 1 atom stereocenters. The Kier molecular flexibility index (Phi) is 2.86. The summed E-state index contributed by atoms with van der Waals surface area (Å²) in [5.41, 5.74) is 9.33. The van der Waals surface area contributed by atoms with Gasteiger partial charge in [0, 0.05) is 12.1 Å². The van der Waals surface area contributed by atoms with Gasteiger partial charge in [0.1, 0.15) is 11.5 Å². The SMILES string of the molecule is CCCC(C)c1nc2c(C)cccn2c1N. The number of anilines is 1. The summed E-state index contributed by atoms with van der Waals surface area (Å²) in [7, 11) is 0. The summed E-state index contributed by atoms with van der Waals surface area (Å²) < 4.78 is 1.98. The topological polar surface area (TPSA) is 43.3 Å². The molecule has 0 radical (unpaired) electrons. The second kappa shape index (κ2) is 4.16. The van der Waals surface area contributed by atoms with Gasteiger partial charge in [0.05, 0.1) is 5.69 Å². The minimum atomic E-state index is 0.435. The highest BCUT2D eigenvalue weighted by Gasteiger charge is 2.15. The smallest absolute Gasteiger partial charge is 0.141 e. The van der Waals surface area contributed by atoms with Gasteiger partial charge in [-0.15, -0.1) is 0 Å². The average molecular weight is 217 g/mol. The third-order valence-electron chi connectivity index (χ3n) is 3.10. The number of pyridine rings is 1. The summed E-state index contributed by atoms with van der Waals surface area (Å²) in [6.07, 6.45) is 4.27. The summed E-state index contributed by atoms with van der Waals surface area (Å²) in [5, 5.41) is 0. The van der Waals surface area contributed by atoms with E-state index in [1.165, 1.54) is 5.56 Å². The fourth-order valence-electron chi connectivity index (χ4n) is 2.17. The van der Waals surface area contributed by atoms with Crippen molar-refractivity contribution < 1.29 is 0 Å². The molecule has 0 aliphatic rings. The van der Waals surface area contributed by atoms with Crippen LogP contribution in [0.2, 0.25) is 0 Å². The van der Waals surface area contributed by atoms with Crippen molar-refractivity contribution in [3.8, 4) is 0 Å². The van der Waals surface area contributed by atoms with Crippen LogP contribution in [-0.4, -0.2) is 9.38 Å². The Morgan fingerprint density at radius 3 is 2.88 bits per heavy atom. The van der Waals surface area contributed by atoms with E-state index in [0.29, 0.717) is 5.92 Å². The zero-order valence-corrected chi connectivity index (χ0v) is 10.2. The summed E-state index contributed by atoms with van der Waals surface area (Å²) in [6, 6.07) is 4.07. The van der Waals surface area contributed by atoms with Crippen molar-refractivity contribution >= 4 is 11.5 Å². The molecular formula is C13H19N3. The van der Waals surface area contributed by atoms with E-state index < -0.39 is 0 Å². The Hall–Kier alpha value is -1.51.